The van der Waals surface area contributed by atoms with Crippen molar-refractivity contribution in [3.8, 4) is 0 Å². The van der Waals surface area contributed by atoms with E-state index < -0.39 is 12.1 Å². The molecule has 11 heteroatoms. The second-order valence-electron chi connectivity index (χ2n) is 6.65. The van der Waals surface area contributed by atoms with E-state index in [-0.39, 0.29) is 23.8 Å². The van der Waals surface area contributed by atoms with Crippen molar-refractivity contribution in [2.45, 2.75) is 19.0 Å². The predicted molar refractivity (Wildman–Crippen MR) is 90.4 cm³/mol. The Labute approximate surface area is 158 Å². The molecule has 0 bridgehead atoms. The Morgan fingerprint density at radius 1 is 1.32 bits per heavy atom. The third kappa shape index (κ3) is 5.18. The van der Waals surface area contributed by atoms with Gasteiger partial charge in [0, 0.05) is 44.8 Å². The molecule has 2 aliphatic heterocycles. The summed E-state index contributed by atoms with van der Waals surface area (Å²) in [6.07, 6.45) is -2.05. The van der Waals surface area contributed by atoms with Crippen LogP contribution in [0.1, 0.15) is 12.8 Å². The Morgan fingerprint density at radius 2 is 2.00 bits per heavy atom. The predicted octanol–water partition coefficient (Wildman–Crippen LogP) is 1.32. The summed E-state index contributed by atoms with van der Waals surface area (Å²) in [4.78, 5) is 40.9. The number of aromatic nitrogens is 1. The molecule has 0 saturated carbocycles. The van der Waals surface area contributed by atoms with Gasteiger partial charge in [-0.15, -0.1) is 0 Å². The molecule has 2 aliphatic rings. The largest absolute Gasteiger partial charge is 0.490 e. The normalized spacial score (nSPS) is 21.6. The van der Waals surface area contributed by atoms with Gasteiger partial charge in [0.2, 0.25) is 11.8 Å². The van der Waals surface area contributed by atoms with Gasteiger partial charge in [-0.1, -0.05) is 6.07 Å². The number of nitrogens with zero attached hydrogens (tertiary/aromatic N) is 3. The summed E-state index contributed by atoms with van der Waals surface area (Å²) in [6.45, 7) is 2.07. The van der Waals surface area contributed by atoms with E-state index in [2.05, 4.69) is 4.98 Å². The van der Waals surface area contributed by atoms with E-state index in [1.54, 1.807) is 16.0 Å². The third-order valence-electron chi connectivity index (χ3n) is 4.55. The van der Waals surface area contributed by atoms with Gasteiger partial charge in [0.1, 0.15) is 12.4 Å². The molecular weight excluding hydrogens is 383 g/mol. The summed E-state index contributed by atoms with van der Waals surface area (Å²) in [5.41, 5.74) is -0.127. The molecule has 1 atom stereocenters. The first-order valence-corrected chi connectivity index (χ1v) is 8.36. The number of aliphatic carboxylic acids is 1. The molecule has 154 valence electrons. The molecule has 0 radical (unpaired) electrons. The van der Waals surface area contributed by atoms with Gasteiger partial charge in [-0.2, -0.15) is 13.2 Å². The zero-order valence-electron chi connectivity index (χ0n) is 15.1. The van der Waals surface area contributed by atoms with Crippen molar-refractivity contribution >= 4 is 23.6 Å². The van der Waals surface area contributed by atoms with Crippen molar-refractivity contribution < 1.29 is 37.4 Å². The summed E-state index contributed by atoms with van der Waals surface area (Å²) in [5, 5.41) is 7.12. The molecule has 1 aromatic rings. The van der Waals surface area contributed by atoms with Crippen molar-refractivity contribution in [2.24, 2.45) is 5.41 Å². The summed E-state index contributed by atoms with van der Waals surface area (Å²) in [6, 6.07) is 5.56. The smallest absolute Gasteiger partial charge is 0.475 e. The molecule has 0 aliphatic carbocycles. The van der Waals surface area contributed by atoms with Crippen molar-refractivity contribution in [3.05, 3.63) is 24.4 Å². The number of anilines is 1. The van der Waals surface area contributed by atoms with Crippen LogP contribution >= 0.6 is 0 Å². The SMILES string of the molecule is COCC(=O)N1CCC2(CC(=O)N(c3ccccn3)C2)C1.O=C(O)C(F)(F)F. The van der Waals surface area contributed by atoms with Gasteiger partial charge in [0.15, 0.2) is 0 Å². The Hall–Kier alpha value is -2.69. The summed E-state index contributed by atoms with van der Waals surface area (Å²) >= 11 is 0. The van der Waals surface area contributed by atoms with Crippen LogP contribution in [0, 0.1) is 5.41 Å². The number of ether oxygens (including phenoxy) is 1. The number of carboxylic acid groups (broad SMARTS) is 1. The third-order valence-corrected chi connectivity index (χ3v) is 4.55. The number of halogens is 3. The molecule has 1 unspecified atom stereocenters. The average Bonchev–Trinajstić information content (AvgIpc) is 3.19. The molecular formula is C17H20F3N3O5. The molecule has 2 saturated heterocycles. The van der Waals surface area contributed by atoms with Crippen molar-refractivity contribution in [1.29, 1.82) is 0 Å². The van der Waals surface area contributed by atoms with Crippen LogP contribution in [0.2, 0.25) is 0 Å². The van der Waals surface area contributed by atoms with Gasteiger partial charge in [0.25, 0.3) is 0 Å². The van der Waals surface area contributed by atoms with E-state index in [0.29, 0.717) is 31.9 Å². The number of alkyl halides is 3. The highest BCUT2D eigenvalue weighted by Gasteiger charge is 2.49. The molecule has 1 aromatic heterocycles. The van der Waals surface area contributed by atoms with E-state index in [4.69, 9.17) is 14.6 Å². The number of likely N-dealkylation sites (tertiary alicyclic amines) is 1. The van der Waals surface area contributed by atoms with E-state index in [0.717, 1.165) is 6.42 Å². The molecule has 3 rings (SSSR count). The maximum atomic E-state index is 12.3. The van der Waals surface area contributed by atoms with Crippen LogP contribution in [-0.4, -0.2) is 72.3 Å². The standard InChI is InChI=1S/C15H19N3O3.C2HF3O2/c1-21-9-14(20)17-7-5-15(10-17)8-13(19)18(11-15)12-4-2-3-6-16-12;3-2(4,5)1(6)7/h2-4,6H,5,7-11H2,1H3;(H,6,7). The summed E-state index contributed by atoms with van der Waals surface area (Å²) in [7, 11) is 1.52. The topological polar surface area (TPSA) is 100 Å². The number of carbonyl (C=O) groups is 3. The molecule has 2 amide bonds. The lowest BCUT2D eigenvalue weighted by atomic mass is 9.86. The second kappa shape index (κ2) is 8.55. The Bertz CT molecular complexity index is 728. The number of hydrogen-bond acceptors (Lipinski definition) is 5. The lowest BCUT2D eigenvalue weighted by Gasteiger charge is -2.23. The fraction of sp³-hybridized carbons (Fsp3) is 0.529. The Morgan fingerprint density at radius 3 is 2.54 bits per heavy atom. The quantitative estimate of drug-likeness (QED) is 0.817. The fourth-order valence-corrected chi connectivity index (χ4v) is 3.25. The van der Waals surface area contributed by atoms with Gasteiger partial charge in [0.05, 0.1) is 0 Å². The van der Waals surface area contributed by atoms with Crippen LogP contribution in [0.3, 0.4) is 0 Å². The number of carbonyl (C=O) groups excluding carboxylic acids is 2. The molecule has 0 aromatic carbocycles. The van der Waals surface area contributed by atoms with Gasteiger partial charge < -0.3 is 14.7 Å². The lowest BCUT2D eigenvalue weighted by molar-refractivity contribution is -0.192. The summed E-state index contributed by atoms with van der Waals surface area (Å²) in [5.74, 6) is -1.97. The van der Waals surface area contributed by atoms with Crippen LogP contribution in [0.15, 0.2) is 24.4 Å². The molecule has 1 N–H and O–H groups in total. The first-order chi connectivity index (χ1) is 13.1. The monoisotopic (exact) mass is 403 g/mol. The number of pyridine rings is 1. The Kier molecular flexibility index (Phi) is 6.60. The maximum Gasteiger partial charge on any atom is 0.490 e. The zero-order valence-corrected chi connectivity index (χ0v) is 15.1. The number of hydrogen-bond donors (Lipinski definition) is 1. The van der Waals surface area contributed by atoms with E-state index in [1.165, 1.54) is 7.11 Å². The van der Waals surface area contributed by atoms with Crippen LogP contribution in [0.25, 0.3) is 0 Å². The first kappa shape index (κ1) is 21.6. The highest BCUT2D eigenvalue weighted by atomic mass is 19.4. The maximum absolute atomic E-state index is 12.3. The first-order valence-electron chi connectivity index (χ1n) is 8.36. The summed E-state index contributed by atoms with van der Waals surface area (Å²) < 4.78 is 36.6. The second-order valence-corrected chi connectivity index (χ2v) is 6.65. The Balaban J connectivity index is 0.000000345. The number of rotatable bonds is 3. The van der Waals surface area contributed by atoms with Gasteiger partial charge in [-0.3, -0.25) is 14.5 Å². The van der Waals surface area contributed by atoms with Crippen molar-refractivity contribution in [1.82, 2.24) is 9.88 Å². The van der Waals surface area contributed by atoms with E-state index in [9.17, 15) is 22.8 Å². The van der Waals surface area contributed by atoms with Gasteiger partial charge >= 0.3 is 12.1 Å². The number of carboxylic acids is 1. The van der Waals surface area contributed by atoms with Crippen LogP contribution < -0.4 is 4.90 Å². The van der Waals surface area contributed by atoms with Gasteiger partial charge in [-0.25, -0.2) is 9.78 Å². The van der Waals surface area contributed by atoms with Crippen LogP contribution in [0.4, 0.5) is 19.0 Å². The van der Waals surface area contributed by atoms with Crippen LogP contribution in [-0.2, 0) is 19.1 Å². The fourth-order valence-electron chi connectivity index (χ4n) is 3.25. The molecule has 8 nitrogen and oxygen atoms in total. The number of methoxy groups -OCH3 is 1. The molecule has 2 fully saturated rings. The minimum atomic E-state index is -5.08. The molecule has 28 heavy (non-hydrogen) atoms. The van der Waals surface area contributed by atoms with Crippen LogP contribution in [0.5, 0.6) is 0 Å². The minimum absolute atomic E-state index is 0.00175. The molecule has 3 heterocycles. The average molecular weight is 403 g/mol. The lowest BCUT2D eigenvalue weighted by Crippen LogP contribution is -2.35. The van der Waals surface area contributed by atoms with E-state index in [1.807, 2.05) is 18.2 Å². The van der Waals surface area contributed by atoms with Gasteiger partial charge in [-0.05, 0) is 18.6 Å². The minimum Gasteiger partial charge on any atom is -0.475 e. The highest BCUT2D eigenvalue weighted by Crippen LogP contribution is 2.41. The molecule has 1 spiro atoms. The highest BCUT2D eigenvalue weighted by molar-refractivity contribution is 5.95. The zero-order chi connectivity index (χ0) is 20.9. The van der Waals surface area contributed by atoms with Crippen molar-refractivity contribution in [3.63, 3.8) is 0 Å². The van der Waals surface area contributed by atoms with E-state index >= 15 is 0 Å². The number of amides is 2. The van der Waals surface area contributed by atoms with Crippen molar-refractivity contribution in [2.75, 3.05) is 38.3 Å².